The fraction of sp³-hybridized carbons (Fsp3) is 0.364. The minimum atomic E-state index is -0.346. The summed E-state index contributed by atoms with van der Waals surface area (Å²) >= 11 is 0. The Hall–Kier alpha value is -1.38. The summed E-state index contributed by atoms with van der Waals surface area (Å²) in [7, 11) is 1.33. The maximum atomic E-state index is 13.2. The lowest BCUT2D eigenvalue weighted by molar-refractivity contribution is -0.139. The van der Waals surface area contributed by atoms with E-state index in [1.807, 2.05) is 6.92 Å². The van der Waals surface area contributed by atoms with Crippen molar-refractivity contribution in [2.75, 3.05) is 7.11 Å². The number of rotatable bonds is 2. The lowest BCUT2D eigenvalue weighted by Crippen LogP contribution is -2.08. The summed E-state index contributed by atoms with van der Waals surface area (Å²) in [4.78, 5) is 11.1. The highest BCUT2D eigenvalue weighted by molar-refractivity contribution is 5.73. The first-order chi connectivity index (χ1) is 6.56. The van der Waals surface area contributed by atoms with Crippen LogP contribution in [0.4, 0.5) is 4.39 Å². The highest BCUT2D eigenvalue weighted by atomic mass is 19.1. The van der Waals surface area contributed by atoms with E-state index in [1.165, 1.54) is 13.2 Å². The van der Waals surface area contributed by atoms with Crippen molar-refractivity contribution in [1.29, 1.82) is 0 Å². The number of ether oxygens (including phenoxy) is 1. The monoisotopic (exact) mass is 196 g/mol. The van der Waals surface area contributed by atoms with E-state index in [-0.39, 0.29) is 18.2 Å². The molecule has 3 heteroatoms. The van der Waals surface area contributed by atoms with Crippen LogP contribution in [0.25, 0.3) is 0 Å². The van der Waals surface area contributed by atoms with E-state index < -0.39 is 0 Å². The molecule has 0 fully saturated rings. The van der Waals surface area contributed by atoms with E-state index in [0.29, 0.717) is 5.56 Å². The average molecular weight is 196 g/mol. The summed E-state index contributed by atoms with van der Waals surface area (Å²) < 4.78 is 17.7. The number of carbonyl (C=O) groups is 1. The predicted molar refractivity (Wildman–Crippen MR) is 51.6 cm³/mol. The number of methoxy groups -OCH3 is 1. The summed E-state index contributed by atoms with van der Waals surface area (Å²) in [5.74, 6) is -0.628. The molecule has 0 aliphatic heterocycles. The Morgan fingerprint density at radius 2 is 2.07 bits per heavy atom. The molecule has 2 nitrogen and oxygen atoms in total. The van der Waals surface area contributed by atoms with Crippen molar-refractivity contribution in [1.82, 2.24) is 0 Å². The van der Waals surface area contributed by atoms with Crippen molar-refractivity contribution in [2.45, 2.75) is 20.3 Å². The zero-order valence-corrected chi connectivity index (χ0v) is 8.56. The normalized spacial score (nSPS) is 10.0. The molecule has 0 spiro atoms. The van der Waals surface area contributed by atoms with Gasteiger partial charge in [0.2, 0.25) is 0 Å². The van der Waals surface area contributed by atoms with Crippen LogP contribution < -0.4 is 0 Å². The first-order valence-corrected chi connectivity index (χ1v) is 4.37. The fourth-order valence-electron chi connectivity index (χ4n) is 1.35. The Morgan fingerprint density at radius 3 is 2.64 bits per heavy atom. The summed E-state index contributed by atoms with van der Waals surface area (Å²) in [6, 6.07) is 3.08. The zero-order valence-electron chi connectivity index (χ0n) is 8.56. The van der Waals surface area contributed by atoms with E-state index in [4.69, 9.17) is 0 Å². The molecule has 0 saturated heterocycles. The van der Waals surface area contributed by atoms with Crippen molar-refractivity contribution in [3.63, 3.8) is 0 Å². The second-order valence-corrected chi connectivity index (χ2v) is 3.22. The van der Waals surface area contributed by atoms with Crippen molar-refractivity contribution >= 4 is 5.97 Å². The second kappa shape index (κ2) is 4.22. The van der Waals surface area contributed by atoms with Gasteiger partial charge in [-0.1, -0.05) is 6.07 Å². The van der Waals surface area contributed by atoms with E-state index in [2.05, 4.69) is 4.74 Å². The zero-order chi connectivity index (χ0) is 10.7. The Kier molecular flexibility index (Phi) is 3.23. The minimum absolute atomic E-state index is 0.131. The number of hydrogen-bond donors (Lipinski definition) is 0. The van der Waals surface area contributed by atoms with Gasteiger partial charge in [0.05, 0.1) is 13.5 Å². The van der Waals surface area contributed by atoms with Crippen molar-refractivity contribution < 1.29 is 13.9 Å². The highest BCUT2D eigenvalue weighted by Crippen LogP contribution is 2.17. The Bertz CT molecular complexity index is 359. The van der Waals surface area contributed by atoms with Crippen LogP contribution in [-0.4, -0.2) is 13.1 Å². The highest BCUT2D eigenvalue weighted by Gasteiger charge is 2.11. The second-order valence-electron chi connectivity index (χ2n) is 3.22. The van der Waals surface area contributed by atoms with Crippen molar-refractivity contribution in [2.24, 2.45) is 0 Å². The number of hydrogen-bond acceptors (Lipinski definition) is 2. The van der Waals surface area contributed by atoms with Gasteiger partial charge in [0.15, 0.2) is 0 Å². The van der Waals surface area contributed by atoms with Crippen LogP contribution in [0.1, 0.15) is 16.7 Å². The fourth-order valence-corrected chi connectivity index (χ4v) is 1.35. The van der Waals surface area contributed by atoms with E-state index in [9.17, 15) is 9.18 Å². The van der Waals surface area contributed by atoms with E-state index in [1.54, 1.807) is 13.0 Å². The summed E-state index contributed by atoms with van der Waals surface area (Å²) in [5, 5.41) is 0. The van der Waals surface area contributed by atoms with Gasteiger partial charge in [0.1, 0.15) is 5.82 Å². The predicted octanol–water partition coefficient (Wildman–Crippen LogP) is 2.16. The molecule has 1 aromatic carbocycles. The van der Waals surface area contributed by atoms with Gasteiger partial charge < -0.3 is 4.74 Å². The van der Waals surface area contributed by atoms with Gasteiger partial charge in [-0.3, -0.25) is 4.79 Å². The van der Waals surface area contributed by atoms with Gasteiger partial charge in [-0.15, -0.1) is 0 Å². The molecule has 0 N–H and O–H groups in total. The first kappa shape index (κ1) is 10.7. The van der Waals surface area contributed by atoms with Crippen LogP contribution in [0.3, 0.4) is 0 Å². The lowest BCUT2D eigenvalue weighted by atomic mass is 10.00. The molecule has 14 heavy (non-hydrogen) atoms. The van der Waals surface area contributed by atoms with E-state index in [0.717, 1.165) is 11.1 Å². The van der Waals surface area contributed by atoms with Crippen LogP contribution in [0, 0.1) is 19.7 Å². The lowest BCUT2D eigenvalue weighted by Gasteiger charge is -2.08. The third-order valence-electron chi connectivity index (χ3n) is 2.32. The van der Waals surface area contributed by atoms with Gasteiger partial charge in [-0.25, -0.2) is 4.39 Å². The first-order valence-electron chi connectivity index (χ1n) is 4.37. The topological polar surface area (TPSA) is 26.3 Å². The molecule has 0 aliphatic carbocycles. The smallest absolute Gasteiger partial charge is 0.309 e. The van der Waals surface area contributed by atoms with Crippen molar-refractivity contribution in [3.05, 3.63) is 34.6 Å². The van der Waals surface area contributed by atoms with Crippen LogP contribution in [-0.2, 0) is 16.0 Å². The third kappa shape index (κ3) is 2.10. The van der Waals surface area contributed by atoms with Crippen LogP contribution in [0.5, 0.6) is 0 Å². The minimum Gasteiger partial charge on any atom is -0.469 e. The molecule has 0 unspecified atom stereocenters. The van der Waals surface area contributed by atoms with Gasteiger partial charge >= 0.3 is 5.97 Å². The molecular formula is C11H13FO2. The molecule has 0 aliphatic rings. The number of carbonyl (C=O) groups excluding carboxylic acids is 1. The quantitative estimate of drug-likeness (QED) is 0.677. The summed E-state index contributed by atoms with van der Waals surface area (Å²) in [6.45, 7) is 3.52. The molecule has 0 heterocycles. The van der Waals surface area contributed by atoms with Gasteiger partial charge in [-0.05, 0) is 36.6 Å². The number of halogens is 1. The van der Waals surface area contributed by atoms with Crippen LogP contribution in [0.2, 0.25) is 0 Å². The van der Waals surface area contributed by atoms with Crippen molar-refractivity contribution in [3.8, 4) is 0 Å². The number of benzene rings is 1. The molecular weight excluding hydrogens is 183 g/mol. The molecule has 0 saturated carbocycles. The van der Waals surface area contributed by atoms with Gasteiger partial charge in [-0.2, -0.15) is 0 Å². The van der Waals surface area contributed by atoms with Crippen LogP contribution >= 0.6 is 0 Å². The SMILES string of the molecule is COC(=O)Cc1c(C)ccc(F)c1C. The summed E-state index contributed by atoms with van der Waals surface area (Å²) in [6.07, 6.45) is 0.131. The Balaban J connectivity index is 3.06. The molecule has 76 valence electrons. The molecule has 0 aromatic heterocycles. The Morgan fingerprint density at radius 1 is 1.43 bits per heavy atom. The van der Waals surface area contributed by atoms with Gasteiger partial charge in [0.25, 0.3) is 0 Å². The molecule has 1 aromatic rings. The molecule has 0 bridgehead atoms. The molecule has 0 atom stereocenters. The average Bonchev–Trinajstić information content (AvgIpc) is 2.18. The molecule has 0 amide bonds. The number of esters is 1. The number of aryl methyl sites for hydroxylation is 1. The largest absolute Gasteiger partial charge is 0.469 e. The molecule has 0 radical (unpaired) electrons. The molecule has 1 rings (SSSR count). The maximum Gasteiger partial charge on any atom is 0.309 e. The Labute approximate surface area is 82.7 Å². The summed E-state index contributed by atoms with van der Waals surface area (Å²) in [5.41, 5.74) is 2.15. The van der Waals surface area contributed by atoms with E-state index >= 15 is 0 Å². The third-order valence-corrected chi connectivity index (χ3v) is 2.32. The van der Waals surface area contributed by atoms with Crippen LogP contribution in [0.15, 0.2) is 12.1 Å². The van der Waals surface area contributed by atoms with Gasteiger partial charge in [0, 0.05) is 0 Å². The standard InChI is InChI=1S/C11H13FO2/c1-7-4-5-10(12)8(2)9(7)6-11(13)14-3/h4-5H,6H2,1-3H3. The maximum absolute atomic E-state index is 13.2.